The zero-order valence-corrected chi connectivity index (χ0v) is 15.2. The van der Waals surface area contributed by atoms with Gasteiger partial charge in [-0.15, -0.1) is 0 Å². The smallest absolute Gasteiger partial charge is 0.252 e. The molecular formula is C19H19N5O3. The van der Waals surface area contributed by atoms with Crippen LogP contribution in [-0.2, 0) is 0 Å². The van der Waals surface area contributed by atoms with E-state index in [0.29, 0.717) is 11.6 Å². The molecule has 0 bridgehead atoms. The summed E-state index contributed by atoms with van der Waals surface area (Å²) in [6, 6.07) is 9.33. The van der Waals surface area contributed by atoms with Crippen LogP contribution in [0.25, 0.3) is 5.69 Å². The number of hydrogen-bond acceptors (Lipinski definition) is 6. The number of ether oxygens (including phenoxy) is 2. The van der Waals surface area contributed by atoms with Crippen molar-refractivity contribution in [3.8, 4) is 17.2 Å². The van der Waals surface area contributed by atoms with Gasteiger partial charge in [0.2, 0.25) is 12.7 Å². The Morgan fingerprint density at radius 3 is 2.81 bits per heavy atom. The average Bonchev–Trinajstić information content (AvgIpc) is 3.18. The highest BCUT2D eigenvalue weighted by Crippen LogP contribution is 2.34. The fourth-order valence-electron chi connectivity index (χ4n) is 3.13. The predicted molar refractivity (Wildman–Crippen MR) is 102 cm³/mol. The van der Waals surface area contributed by atoms with E-state index in [1.807, 2.05) is 38.1 Å². The number of nitrogens with one attached hydrogen (secondary N) is 2. The monoisotopic (exact) mass is 365 g/mol. The van der Waals surface area contributed by atoms with Crippen LogP contribution in [0.2, 0.25) is 0 Å². The molecule has 0 spiro atoms. The zero-order valence-electron chi connectivity index (χ0n) is 15.2. The van der Waals surface area contributed by atoms with E-state index < -0.39 is 0 Å². The third kappa shape index (κ3) is 3.29. The summed E-state index contributed by atoms with van der Waals surface area (Å²) in [4.78, 5) is 18.2. The van der Waals surface area contributed by atoms with E-state index in [9.17, 15) is 4.79 Å². The zero-order chi connectivity index (χ0) is 19.0. The van der Waals surface area contributed by atoms with Crippen LogP contribution in [0.5, 0.6) is 11.5 Å². The van der Waals surface area contributed by atoms with Gasteiger partial charge < -0.3 is 14.0 Å². The molecule has 0 radical (unpaired) electrons. The summed E-state index contributed by atoms with van der Waals surface area (Å²) in [5.74, 6) is 1.80. The molecule has 0 amide bonds. The molecule has 0 fully saturated rings. The highest BCUT2D eigenvalue weighted by atomic mass is 16.7. The normalized spacial score (nSPS) is 12.7. The number of hydrazone groups is 1. The van der Waals surface area contributed by atoms with Crippen LogP contribution in [0.3, 0.4) is 0 Å². The van der Waals surface area contributed by atoms with Gasteiger partial charge in [-0.05, 0) is 39.0 Å². The summed E-state index contributed by atoms with van der Waals surface area (Å²) >= 11 is 0. The Hall–Kier alpha value is -3.55. The van der Waals surface area contributed by atoms with Gasteiger partial charge in [-0.3, -0.25) is 9.78 Å². The van der Waals surface area contributed by atoms with Crippen molar-refractivity contribution < 1.29 is 9.47 Å². The fraction of sp³-hybridized carbons (Fsp3) is 0.211. The second kappa shape index (κ2) is 6.64. The molecule has 0 saturated heterocycles. The van der Waals surface area contributed by atoms with E-state index in [-0.39, 0.29) is 12.4 Å². The maximum absolute atomic E-state index is 11.5. The molecule has 0 unspecified atom stereocenters. The average molecular weight is 365 g/mol. The van der Waals surface area contributed by atoms with Gasteiger partial charge in [-0.2, -0.15) is 5.10 Å². The molecule has 138 valence electrons. The van der Waals surface area contributed by atoms with Gasteiger partial charge in [0.1, 0.15) is 0 Å². The molecule has 27 heavy (non-hydrogen) atoms. The van der Waals surface area contributed by atoms with Crippen LogP contribution in [-0.4, -0.2) is 27.5 Å². The van der Waals surface area contributed by atoms with Crippen LogP contribution in [0, 0.1) is 20.8 Å². The number of aromatic amines is 1. The van der Waals surface area contributed by atoms with Crippen molar-refractivity contribution in [3.63, 3.8) is 0 Å². The van der Waals surface area contributed by atoms with Crippen molar-refractivity contribution in [1.82, 2.24) is 14.5 Å². The first-order valence-electron chi connectivity index (χ1n) is 8.47. The standard InChI is InChI=1S/C19H19N5O3/c1-11-6-18(25)22-19(21-11)23-20-9-14-7-12(2)24(13(14)3)15-4-5-16-17(8-15)27-10-26-16/h4-9H,10H2,1-3H3,(H2,21,22,23,25)/b20-9-. The first kappa shape index (κ1) is 16.9. The Morgan fingerprint density at radius 1 is 1.19 bits per heavy atom. The van der Waals surface area contributed by atoms with E-state index in [2.05, 4.69) is 25.1 Å². The summed E-state index contributed by atoms with van der Waals surface area (Å²) in [6.07, 6.45) is 1.70. The van der Waals surface area contributed by atoms with Crippen molar-refractivity contribution in [2.75, 3.05) is 12.2 Å². The summed E-state index contributed by atoms with van der Waals surface area (Å²) in [5.41, 5.74) is 7.20. The van der Waals surface area contributed by atoms with Crippen molar-refractivity contribution in [3.05, 3.63) is 63.3 Å². The number of fused-ring (bicyclic) bond motifs is 1. The lowest BCUT2D eigenvalue weighted by Crippen LogP contribution is -2.10. The molecule has 3 aromatic rings. The van der Waals surface area contributed by atoms with Crippen molar-refractivity contribution in [1.29, 1.82) is 0 Å². The lowest BCUT2D eigenvalue weighted by molar-refractivity contribution is 0.174. The highest BCUT2D eigenvalue weighted by Gasteiger charge is 2.16. The van der Waals surface area contributed by atoms with Crippen LogP contribution >= 0.6 is 0 Å². The molecule has 0 saturated carbocycles. The van der Waals surface area contributed by atoms with Gasteiger partial charge in [0.05, 0.1) is 6.21 Å². The number of rotatable bonds is 4. The third-order valence-electron chi connectivity index (χ3n) is 4.33. The van der Waals surface area contributed by atoms with Gasteiger partial charge in [-0.25, -0.2) is 10.4 Å². The first-order valence-corrected chi connectivity index (χ1v) is 8.47. The van der Waals surface area contributed by atoms with E-state index in [1.165, 1.54) is 6.07 Å². The number of H-pyrrole nitrogens is 1. The molecule has 1 aliphatic rings. The molecule has 4 rings (SSSR count). The largest absolute Gasteiger partial charge is 0.454 e. The fourth-order valence-corrected chi connectivity index (χ4v) is 3.13. The minimum absolute atomic E-state index is 0.221. The Balaban J connectivity index is 1.60. The SMILES string of the molecule is Cc1cc(=O)[nH]c(N/N=C\c2cc(C)n(-c3ccc4c(c3)OCO4)c2C)n1. The quantitative estimate of drug-likeness (QED) is 0.548. The molecule has 0 aliphatic carbocycles. The van der Waals surface area contributed by atoms with E-state index >= 15 is 0 Å². The maximum Gasteiger partial charge on any atom is 0.252 e. The van der Waals surface area contributed by atoms with Crippen molar-refractivity contribution in [2.24, 2.45) is 5.10 Å². The van der Waals surface area contributed by atoms with Crippen molar-refractivity contribution in [2.45, 2.75) is 20.8 Å². The topological polar surface area (TPSA) is 93.5 Å². The van der Waals surface area contributed by atoms with Gasteiger partial charge in [0, 0.05) is 40.5 Å². The maximum atomic E-state index is 11.5. The second-order valence-corrected chi connectivity index (χ2v) is 6.30. The van der Waals surface area contributed by atoms with E-state index in [4.69, 9.17) is 9.47 Å². The van der Waals surface area contributed by atoms with E-state index in [0.717, 1.165) is 34.1 Å². The molecular weight excluding hydrogens is 346 g/mol. The Kier molecular flexibility index (Phi) is 4.15. The van der Waals surface area contributed by atoms with Crippen LogP contribution in [0.1, 0.15) is 22.6 Å². The number of benzene rings is 1. The Labute approximate surface area is 155 Å². The summed E-state index contributed by atoms with van der Waals surface area (Å²) in [7, 11) is 0. The summed E-state index contributed by atoms with van der Waals surface area (Å²) in [6.45, 7) is 6.05. The predicted octanol–water partition coefficient (Wildman–Crippen LogP) is 2.66. The van der Waals surface area contributed by atoms with Gasteiger partial charge >= 0.3 is 0 Å². The molecule has 8 heteroatoms. The lowest BCUT2D eigenvalue weighted by Gasteiger charge is -2.10. The molecule has 8 nitrogen and oxygen atoms in total. The highest BCUT2D eigenvalue weighted by molar-refractivity contribution is 5.82. The van der Waals surface area contributed by atoms with Gasteiger partial charge in [0.25, 0.3) is 5.56 Å². The number of aryl methyl sites for hydroxylation is 2. The lowest BCUT2D eigenvalue weighted by atomic mass is 10.2. The molecule has 0 atom stereocenters. The van der Waals surface area contributed by atoms with E-state index in [1.54, 1.807) is 13.1 Å². The number of anilines is 1. The molecule has 1 aromatic carbocycles. The first-order chi connectivity index (χ1) is 13.0. The van der Waals surface area contributed by atoms with Crippen LogP contribution in [0.15, 0.2) is 40.2 Å². The summed E-state index contributed by atoms with van der Waals surface area (Å²) < 4.78 is 13.0. The van der Waals surface area contributed by atoms with Gasteiger partial charge in [-0.1, -0.05) is 0 Å². The minimum Gasteiger partial charge on any atom is -0.454 e. The van der Waals surface area contributed by atoms with Crippen LogP contribution in [0.4, 0.5) is 5.95 Å². The number of aromatic nitrogens is 3. The van der Waals surface area contributed by atoms with Gasteiger partial charge in [0.15, 0.2) is 11.5 Å². The number of hydrogen-bond donors (Lipinski definition) is 2. The summed E-state index contributed by atoms with van der Waals surface area (Å²) in [5, 5.41) is 4.20. The molecule has 2 aromatic heterocycles. The van der Waals surface area contributed by atoms with Crippen LogP contribution < -0.4 is 20.5 Å². The Bertz CT molecular complexity index is 1100. The second-order valence-electron chi connectivity index (χ2n) is 6.30. The minimum atomic E-state index is -0.221. The molecule has 1 aliphatic heterocycles. The molecule has 2 N–H and O–H groups in total. The molecule has 3 heterocycles. The third-order valence-corrected chi connectivity index (χ3v) is 4.33. The Morgan fingerprint density at radius 2 is 2.00 bits per heavy atom. The number of nitrogens with zero attached hydrogens (tertiary/aromatic N) is 3. The van der Waals surface area contributed by atoms with Crippen molar-refractivity contribution >= 4 is 12.2 Å².